The van der Waals surface area contributed by atoms with Crippen LogP contribution in [0.15, 0.2) is 36.7 Å². The number of halogens is 3. The van der Waals surface area contributed by atoms with E-state index in [1.165, 1.54) is 24.5 Å². The maximum absolute atomic E-state index is 12.8. The molecule has 1 saturated carbocycles. The Bertz CT molecular complexity index is 905. The summed E-state index contributed by atoms with van der Waals surface area (Å²) in [5, 5.41) is 14.2. The van der Waals surface area contributed by atoms with Gasteiger partial charge in [0.05, 0.1) is 5.56 Å². The second-order valence-corrected chi connectivity index (χ2v) is 6.59. The molecule has 0 saturated heterocycles. The minimum Gasteiger partial charge on any atom is -0.472 e. The van der Waals surface area contributed by atoms with Crippen LogP contribution >= 0.6 is 0 Å². The summed E-state index contributed by atoms with van der Waals surface area (Å²) in [6.45, 7) is 0. The van der Waals surface area contributed by atoms with Gasteiger partial charge in [-0.15, -0.1) is 0 Å². The van der Waals surface area contributed by atoms with Gasteiger partial charge in [0.15, 0.2) is 0 Å². The number of ether oxygens (including phenoxy) is 1. The fourth-order valence-electron chi connectivity index (χ4n) is 3.10. The Morgan fingerprint density at radius 2 is 1.90 bits per heavy atom. The van der Waals surface area contributed by atoms with Crippen molar-refractivity contribution in [1.29, 1.82) is 5.26 Å². The molecule has 29 heavy (non-hydrogen) atoms. The first-order valence-corrected chi connectivity index (χ1v) is 8.97. The molecule has 1 aromatic heterocycles. The summed E-state index contributed by atoms with van der Waals surface area (Å²) < 4.78 is 44.0. The first-order valence-electron chi connectivity index (χ1n) is 8.97. The third-order valence-electron chi connectivity index (χ3n) is 4.51. The molecular formula is C19H18F3N5O2. The van der Waals surface area contributed by atoms with Gasteiger partial charge in [-0.3, -0.25) is 0 Å². The van der Waals surface area contributed by atoms with Gasteiger partial charge >= 0.3 is 12.2 Å². The van der Waals surface area contributed by atoms with E-state index in [-0.39, 0.29) is 29.4 Å². The number of nitrogens with zero attached hydrogens (tertiary/aromatic N) is 3. The topological polar surface area (TPSA) is 99.9 Å². The molecule has 3 rings (SSSR count). The van der Waals surface area contributed by atoms with Crippen LogP contribution in [0.5, 0.6) is 5.88 Å². The van der Waals surface area contributed by atoms with E-state index in [0.717, 1.165) is 12.1 Å². The lowest BCUT2D eigenvalue weighted by Gasteiger charge is -2.29. The van der Waals surface area contributed by atoms with E-state index < -0.39 is 17.8 Å². The zero-order chi connectivity index (χ0) is 20.9. The van der Waals surface area contributed by atoms with E-state index in [0.29, 0.717) is 25.7 Å². The maximum Gasteiger partial charge on any atom is 0.416 e. The first-order chi connectivity index (χ1) is 13.8. The van der Waals surface area contributed by atoms with Gasteiger partial charge in [0, 0.05) is 24.1 Å². The number of carbonyl (C=O) groups is 1. The van der Waals surface area contributed by atoms with Crippen molar-refractivity contribution in [2.45, 2.75) is 44.0 Å². The lowest BCUT2D eigenvalue weighted by molar-refractivity contribution is -0.137. The van der Waals surface area contributed by atoms with E-state index in [4.69, 9.17) is 10.00 Å². The molecule has 152 valence electrons. The van der Waals surface area contributed by atoms with Crippen molar-refractivity contribution in [3.8, 4) is 11.9 Å². The van der Waals surface area contributed by atoms with Crippen molar-refractivity contribution in [3.05, 3.63) is 47.9 Å². The molecule has 0 radical (unpaired) electrons. The number of amides is 2. The first kappa shape index (κ1) is 20.4. The summed E-state index contributed by atoms with van der Waals surface area (Å²) in [6.07, 6.45) is 0.762. The monoisotopic (exact) mass is 405 g/mol. The van der Waals surface area contributed by atoms with Gasteiger partial charge in [0.25, 0.3) is 5.88 Å². The molecule has 10 heteroatoms. The Morgan fingerprint density at radius 3 is 2.59 bits per heavy atom. The number of aromatic nitrogens is 2. The summed E-state index contributed by atoms with van der Waals surface area (Å²) >= 11 is 0. The van der Waals surface area contributed by atoms with Gasteiger partial charge in [0.2, 0.25) is 5.69 Å². The highest BCUT2D eigenvalue weighted by Crippen LogP contribution is 2.30. The van der Waals surface area contributed by atoms with Crippen LogP contribution in [0, 0.1) is 11.3 Å². The average Bonchev–Trinajstić information content (AvgIpc) is 2.69. The molecule has 2 aromatic rings. The predicted molar refractivity (Wildman–Crippen MR) is 97.0 cm³/mol. The number of nitrogens with one attached hydrogen (secondary N) is 2. The zero-order valence-electron chi connectivity index (χ0n) is 15.2. The molecule has 0 spiro atoms. The highest BCUT2D eigenvalue weighted by atomic mass is 19.4. The predicted octanol–water partition coefficient (Wildman–Crippen LogP) is 3.88. The Morgan fingerprint density at radius 1 is 1.17 bits per heavy atom. The van der Waals surface area contributed by atoms with Gasteiger partial charge in [0.1, 0.15) is 12.2 Å². The summed E-state index contributed by atoms with van der Waals surface area (Å²) in [6, 6.07) is 5.70. The van der Waals surface area contributed by atoms with Crippen LogP contribution in [0.4, 0.5) is 23.7 Å². The van der Waals surface area contributed by atoms with Crippen LogP contribution in [-0.4, -0.2) is 28.1 Å². The van der Waals surface area contributed by atoms with Gasteiger partial charge < -0.3 is 15.4 Å². The third kappa shape index (κ3) is 5.57. The van der Waals surface area contributed by atoms with E-state index in [9.17, 15) is 18.0 Å². The van der Waals surface area contributed by atoms with Crippen LogP contribution in [0.3, 0.4) is 0 Å². The van der Waals surface area contributed by atoms with Crippen molar-refractivity contribution in [2.24, 2.45) is 0 Å². The molecular weight excluding hydrogens is 387 g/mol. The van der Waals surface area contributed by atoms with Gasteiger partial charge in [-0.05, 0) is 43.9 Å². The SMILES string of the molecule is N#Cc1nccnc1OC1CCC(NC(=O)Nc2cccc(C(F)(F)F)c2)CC1. The van der Waals surface area contributed by atoms with Gasteiger partial charge in [-0.25, -0.2) is 14.8 Å². The molecule has 7 nitrogen and oxygen atoms in total. The summed E-state index contributed by atoms with van der Waals surface area (Å²) in [4.78, 5) is 20.0. The highest BCUT2D eigenvalue weighted by Gasteiger charge is 2.30. The quantitative estimate of drug-likeness (QED) is 0.804. The van der Waals surface area contributed by atoms with Crippen LogP contribution in [-0.2, 0) is 6.18 Å². The van der Waals surface area contributed by atoms with E-state index in [1.807, 2.05) is 6.07 Å². The molecule has 2 N–H and O–H groups in total. The second kappa shape index (κ2) is 8.77. The molecule has 1 aromatic carbocycles. The Kier molecular flexibility index (Phi) is 6.16. The maximum atomic E-state index is 12.8. The van der Waals surface area contributed by atoms with Crippen LogP contribution < -0.4 is 15.4 Å². The largest absolute Gasteiger partial charge is 0.472 e. The molecule has 0 bridgehead atoms. The summed E-state index contributed by atoms with van der Waals surface area (Å²) in [5.74, 6) is 0.189. The van der Waals surface area contributed by atoms with Crippen molar-refractivity contribution < 1.29 is 22.7 Å². The molecule has 2 amide bonds. The van der Waals surface area contributed by atoms with E-state index >= 15 is 0 Å². The van der Waals surface area contributed by atoms with Crippen molar-refractivity contribution >= 4 is 11.7 Å². The number of nitriles is 1. The Labute approximate surface area is 164 Å². The molecule has 1 heterocycles. The lowest BCUT2D eigenvalue weighted by atomic mass is 9.93. The second-order valence-electron chi connectivity index (χ2n) is 6.59. The highest BCUT2D eigenvalue weighted by molar-refractivity contribution is 5.89. The lowest BCUT2D eigenvalue weighted by Crippen LogP contribution is -2.41. The number of anilines is 1. The fourth-order valence-corrected chi connectivity index (χ4v) is 3.10. The van der Waals surface area contributed by atoms with Crippen molar-refractivity contribution in [1.82, 2.24) is 15.3 Å². The van der Waals surface area contributed by atoms with Crippen molar-refractivity contribution in [2.75, 3.05) is 5.32 Å². The summed E-state index contributed by atoms with van der Waals surface area (Å²) in [7, 11) is 0. The smallest absolute Gasteiger partial charge is 0.416 e. The number of hydrogen-bond donors (Lipinski definition) is 2. The van der Waals surface area contributed by atoms with Crippen molar-refractivity contribution in [3.63, 3.8) is 0 Å². The number of alkyl halides is 3. The van der Waals surface area contributed by atoms with Crippen LogP contribution in [0.25, 0.3) is 0 Å². The van der Waals surface area contributed by atoms with Gasteiger partial charge in [-0.2, -0.15) is 18.4 Å². The number of hydrogen-bond acceptors (Lipinski definition) is 5. The average molecular weight is 405 g/mol. The minimum absolute atomic E-state index is 0.0704. The molecule has 1 aliphatic rings. The molecule has 1 fully saturated rings. The summed E-state index contributed by atoms with van der Waals surface area (Å²) in [5.41, 5.74) is -0.636. The number of benzene rings is 1. The molecule has 0 aliphatic heterocycles. The Balaban J connectivity index is 1.48. The van der Waals surface area contributed by atoms with Gasteiger partial charge in [-0.1, -0.05) is 6.07 Å². The zero-order valence-corrected chi connectivity index (χ0v) is 15.2. The number of urea groups is 1. The Hall–Kier alpha value is -3.35. The van der Waals surface area contributed by atoms with Crippen LogP contribution in [0.2, 0.25) is 0 Å². The minimum atomic E-state index is -4.47. The molecule has 0 unspecified atom stereocenters. The standard InChI is InChI=1S/C19H18F3N5O2/c20-19(21,22)12-2-1-3-14(10-12)27-18(28)26-13-4-6-15(7-5-13)29-17-16(11-23)24-8-9-25-17/h1-3,8-10,13,15H,4-7H2,(H2,26,27,28). The fraction of sp³-hybridized carbons (Fsp3) is 0.368. The normalized spacial score (nSPS) is 19.1. The molecule has 1 aliphatic carbocycles. The third-order valence-corrected chi connectivity index (χ3v) is 4.51. The number of carbonyl (C=O) groups excluding carboxylic acids is 1. The van der Waals surface area contributed by atoms with E-state index in [2.05, 4.69) is 20.6 Å². The van der Waals surface area contributed by atoms with Crippen LogP contribution in [0.1, 0.15) is 36.9 Å². The molecule has 0 atom stereocenters. The number of rotatable bonds is 4. The van der Waals surface area contributed by atoms with E-state index in [1.54, 1.807) is 0 Å².